The number of amides is 2. The molecule has 1 aromatic heterocycles. The van der Waals surface area contributed by atoms with Gasteiger partial charge >= 0.3 is 5.97 Å². The fraction of sp³-hybridized carbons (Fsp3) is 0.471. The molecule has 0 spiro atoms. The van der Waals surface area contributed by atoms with Crippen LogP contribution in [0.3, 0.4) is 0 Å². The van der Waals surface area contributed by atoms with Crippen LogP contribution in [0.25, 0.3) is 0 Å². The predicted octanol–water partition coefficient (Wildman–Crippen LogP) is -0.415. The number of rotatable bonds is 7. The van der Waals surface area contributed by atoms with Gasteiger partial charge in [0, 0.05) is 24.8 Å². The van der Waals surface area contributed by atoms with E-state index in [1.165, 1.54) is 18.5 Å². The minimum atomic E-state index is -1.01. The number of hydrazone groups is 1. The third-order valence-electron chi connectivity index (χ3n) is 4.16. The van der Waals surface area contributed by atoms with Crippen LogP contribution in [0.15, 0.2) is 23.4 Å². The van der Waals surface area contributed by atoms with E-state index in [-0.39, 0.29) is 24.3 Å². The third-order valence-corrected chi connectivity index (χ3v) is 4.16. The Labute approximate surface area is 156 Å². The number of hydrogen-bond donors (Lipinski definition) is 3. The Morgan fingerprint density at radius 3 is 2.70 bits per heavy atom. The Balaban J connectivity index is 1.83. The normalized spacial score (nSPS) is 16.3. The van der Waals surface area contributed by atoms with Gasteiger partial charge in [-0.25, -0.2) is 4.79 Å². The number of ether oxygens (including phenoxy) is 1. The van der Waals surface area contributed by atoms with Crippen molar-refractivity contribution in [3.05, 3.63) is 29.6 Å². The number of carboxylic acid groups (broad SMARTS) is 1. The number of pyridine rings is 1. The molecule has 1 fully saturated rings. The lowest BCUT2D eigenvalue weighted by Crippen LogP contribution is -2.50. The van der Waals surface area contributed by atoms with Crippen LogP contribution in [0.2, 0.25) is 0 Å². The van der Waals surface area contributed by atoms with Gasteiger partial charge in [-0.05, 0) is 31.9 Å². The summed E-state index contributed by atoms with van der Waals surface area (Å²) in [5.74, 6) is 3.39. The first kappa shape index (κ1) is 20.3. The summed E-state index contributed by atoms with van der Waals surface area (Å²) in [5.41, 5.74) is 0.843. The highest BCUT2D eigenvalue weighted by Crippen LogP contribution is 2.14. The third kappa shape index (κ3) is 6.03. The van der Waals surface area contributed by atoms with Crippen molar-refractivity contribution in [2.75, 3.05) is 19.7 Å². The molecule has 2 rings (SSSR count). The fourth-order valence-corrected chi connectivity index (χ4v) is 2.74. The number of likely N-dealkylation sites (tertiary alicyclic amines) is 1. The molecule has 2 heterocycles. The second-order valence-corrected chi connectivity index (χ2v) is 6.18. The number of hydrogen-bond acceptors (Lipinski definition) is 7. The first-order valence-electron chi connectivity index (χ1n) is 8.53. The number of aromatic nitrogens is 1. The van der Waals surface area contributed by atoms with E-state index in [2.05, 4.69) is 15.4 Å². The number of nitrogens with one attached hydrogen (secondary N) is 1. The summed E-state index contributed by atoms with van der Waals surface area (Å²) in [4.78, 5) is 40.9. The molecular weight excluding hydrogens is 354 g/mol. The number of carbonyl (C=O) groups is 3. The molecular formula is C17H23N5O5. The Hall–Kier alpha value is -3.01. The lowest BCUT2D eigenvalue weighted by atomic mass is 10.1. The summed E-state index contributed by atoms with van der Waals surface area (Å²) in [7, 11) is 0. The SMILES string of the molecule is C[C@H](NC(=O)c1ccc(/C=N\N)cn1)C(=O)N1CCC(OCC(=O)O)CC1. The maximum absolute atomic E-state index is 12.5. The molecule has 10 nitrogen and oxygen atoms in total. The molecule has 0 bridgehead atoms. The molecule has 0 aromatic carbocycles. The van der Waals surface area contributed by atoms with Gasteiger partial charge in [0.05, 0.1) is 12.3 Å². The summed E-state index contributed by atoms with van der Waals surface area (Å²) < 4.78 is 5.25. The van der Waals surface area contributed by atoms with Gasteiger partial charge in [-0.1, -0.05) is 0 Å². The first-order valence-corrected chi connectivity index (χ1v) is 8.53. The van der Waals surface area contributed by atoms with Gasteiger partial charge in [0.15, 0.2) is 0 Å². The quantitative estimate of drug-likeness (QED) is 0.332. The van der Waals surface area contributed by atoms with E-state index in [0.29, 0.717) is 31.5 Å². The number of aliphatic carboxylic acids is 1. The van der Waals surface area contributed by atoms with Crippen molar-refractivity contribution >= 4 is 24.0 Å². The lowest BCUT2D eigenvalue weighted by molar-refractivity contribution is -0.147. The van der Waals surface area contributed by atoms with Crippen molar-refractivity contribution in [3.8, 4) is 0 Å². The smallest absolute Gasteiger partial charge is 0.329 e. The van der Waals surface area contributed by atoms with Crippen molar-refractivity contribution in [3.63, 3.8) is 0 Å². The van der Waals surface area contributed by atoms with Crippen LogP contribution < -0.4 is 11.2 Å². The molecule has 1 saturated heterocycles. The number of carbonyl (C=O) groups excluding carboxylic acids is 2. The Morgan fingerprint density at radius 2 is 2.15 bits per heavy atom. The molecule has 1 aliphatic rings. The van der Waals surface area contributed by atoms with E-state index < -0.39 is 17.9 Å². The molecule has 0 saturated carbocycles. The van der Waals surface area contributed by atoms with E-state index >= 15 is 0 Å². The zero-order chi connectivity index (χ0) is 19.8. The van der Waals surface area contributed by atoms with Crippen molar-refractivity contribution in [1.82, 2.24) is 15.2 Å². The number of nitrogens with two attached hydrogens (primary N) is 1. The van der Waals surface area contributed by atoms with Crippen molar-refractivity contribution < 1.29 is 24.2 Å². The van der Waals surface area contributed by atoms with Gasteiger partial charge in [-0.3, -0.25) is 14.6 Å². The zero-order valence-electron chi connectivity index (χ0n) is 15.0. The number of piperidine rings is 1. The average molecular weight is 377 g/mol. The number of nitrogens with zero attached hydrogens (tertiary/aromatic N) is 3. The molecule has 146 valence electrons. The molecule has 2 amide bonds. The summed E-state index contributed by atoms with van der Waals surface area (Å²) in [6, 6.07) is 2.46. The lowest BCUT2D eigenvalue weighted by Gasteiger charge is -2.33. The van der Waals surface area contributed by atoms with Crippen molar-refractivity contribution in [2.24, 2.45) is 10.9 Å². The van der Waals surface area contributed by atoms with Crippen LogP contribution in [-0.4, -0.2) is 70.8 Å². The van der Waals surface area contributed by atoms with Crippen LogP contribution in [0.4, 0.5) is 0 Å². The topological polar surface area (TPSA) is 147 Å². The molecule has 4 N–H and O–H groups in total. The highest BCUT2D eigenvalue weighted by Gasteiger charge is 2.27. The van der Waals surface area contributed by atoms with Crippen LogP contribution in [0.5, 0.6) is 0 Å². The van der Waals surface area contributed by atoms with Crippen LogP contribution in [0.1, 0.15) is 35.8 Å². The molecule has 1 aromatic rings. The Morgan fingerprint density at radius 1 is 1.44 bits per heavy atom. The Bertz CT molecular complexity index is 698. The van der Waals surface area contributed by atoms with Crippen molar-refractivity contribution in [2.45, 2.75) is 31.9 Å². The molecule has 0 aliphatic carbocycles. The fourth-order valence-electron chi connectivity index (χ4n) is 2.74. The Kier molecular flexibility index (Phi) is 7.24. The van der Waals surface area contributed by atoms with Crippen molar-refractivity contribution in [1.29, 1.82) is 0 Å². The summed E-state index contributed by atoms with van der Waals surface area (Å²) in [5, 5.41) is 14.6. The molecule has 1 aliphatic heterocycles. The largest absolute Gasteiger partial charge is 0.480 e. The molecule has 0 unspecified atom stereocenters. The van der Waals surface area contributed by atoms with E-state index in [9.17, 15) is 14.4 Å². The van der Waals surface area contributed by atoms with Crippen LogP contribution >= 0.6 is 0 Å². The maximum atomic E-state index is 12.5. The average Bonchev–Trinajstić information content (AvgIpc) is 2.67. The van der Waals surface area contributed by atoms with E-state index in [4.69, 9.17) is 15.7 Å². The first-order chi connectivity index (χ1) is 12.9. The van der Waals surface area contributed by atoms with E-state index in [0.717, 1.165) is 0 Å². The monoisotopic (exact) mass is 377 g/mol. The van der Waals surface area contributed by atoms with Gasteiger partial charge < -0.3 is 25.9 Å². The standard InChI is InChI=1S/C17H23N5O5/c1-11(21-16(25)14-3-2-12(8-19-14)9-20-18)17(26)22-6-4-13(5-7-22)27-10-15(23)24/h2-3,8-9,11,13H,4-7,10,18H2,1H3,(H,21,25)(H,23,24)/b20-9-/t11-/m0/s1. The molecule has 27 heavy (non-hydrogen) atoms. The van der Waals surface area contributed by atoms with Crippen LogP contribution in [-0.2, 0) is 14.3 Å². The minimum absolute atomic E-state index is 0.171. The predicted molar refractivity (Wildman–Crippen MR) is 96.1 cm³/mol. The zero-order valence-corrected chi connectivity index (χ0v) is 15.0. The minimum Gasteiger partial charge on any atom is -0.480 e. The van der Waals surface area contributed by atoms with Crippen LogP contribution in [0, 0.1) is 0 Å². The summed E-state index contributed by atoms with van der Waals surface area (Å²) >= 11 is 0. The molecule has 0 radical (unpaired) electrons. The molecule has 1 atom stereocenters. The highest BCUT2D eigenvalue weighted by molar-refractivity contribution is 5.96. The van der Waals surface area contributed by atoms with Gasteiger partial charge in [-0.15, -0.1) is 0 Å². The van der Waals surface area contributed by atoms with Gasteiger partial charge in [0.2, 0.25) is 5.91 Å². The second-order valence-electron chi connectivity index (χ2n) is 6.18. The van der Waals surface area contributed by atoms with E-state index in [1.807, 2.05) is 0 Å². The van der Waals surface area contributed by atoms with Gasteiger partial charge in [0.1, 0.15) is 18.3 Å². The van der Waals surface area contributed by atoms with Gasteiger partial charge in [-0.2, -0.15) is 5.10 Å². The van der Waals surface area contributed by atoms with Gasteiger partial charge in [0.25, 0.3) is 5.91 Å². The summed E-state index contributed by atoms with van der Waals surface area (Å²) in [6.07, 6.45) is 3.82. The van der Waals surface area contributed by atoms with E-state index in [1.54, 1.807) is 17.9 Å². The molecule has 10 heteroatoms. The maximum Gasteiger partial charge on any atom is 0.329 e. The second kappa shape index (κ2) is 9.62. The highest BCUT2D eigenvalue weighted by atomic mass is 16.5. The number of carboxylic acids is 1. The summed E-state index contributed by atoms with van der Waals surface area (Å²) in [6.45, 7) is 2.18.